The summed E-state index contributed by atoms with van der Waals surface area (Å²) in [7, 11) is 0. The van der Waals surface area contributed by atoms with Gasteiger partial charge in [-0.05, 0) is 49.2 Å². The van der Waals surface area contributed by atoms with Crippen molar-refractivity contribution in [3.05, 3.63) is 47.5 Å². The zero-order valence-electron chi connectivity index (χ0n) is 10.4. The van der Waals surface area contributed by atoms with E-state index in [-0.39, 0.29) is 0 Å². The molecule has 0 fully saturated rings. The van der Waals surface area contributed by atoms with Crippen LogP contribution in [-0.4, -0.2) is 14.4 Å². The molecule has 0 radical (unpaired) electrons. The van der Waals surface area contributed by atoms with Crippen LogP contribution in [0.25, 0.3) is 27.8 Å². The second-order valence-corrected chi connectivity index (χ2v) is 4.84. The van der Waals surface area contributed by atoms with Gasteiger partial charge in [-0.1, -0.05) is 12.1 Å². The number of H-pyrrole nitrogens is 1. The van der Waals surface area contributed by atoms with Crippen LogP contribution in [0.1, 0.15) is 11.1 Å². The molecule has 0 bridgehead atoms. The van der Waals surface area contributed by atoms with Crippen molar-refractivity contribution in [3.8, 4) is 0 Å². The number of aromatic nitrogens is 3. The van der Waals surface area contributed by atoms with Crippen LogP contribution in [0.15, 0.2) is 36.4 Å². The summed E-state index contributed by atoms with van der Waals surface area (Å²) in [6, 6.07) is 12.7. The Morgan fingerprint density at radius 3 is 2.67 bits per heavy atom. The predicted octanol–water partition coefficient (Wildman–Crippen LogP) is 3.59. The number of hydrogen-bond acceptors (Lipinski definition) is 1. The first-order chi connectivity index (χ1) is 8.74. The Morgan fingerprint density at radius 2 is 1.78 bits per heavy atom. The number of hydrogen-bond donors (Lipinski definition) is 1. The van der Waals surface area contributed by atoms with Crippen LogP contribution in [0.5, 0.6) is 0 Å². The van der Waals surface area contributed by atoms with Gasteiger partial charge in [0.15, 0.2) is 0 Å². The van der Waals surface area contributed by atoms with Gasteiger partial charge in [0, 0.05) is 0 Å². The second-order valence-electron chi connectivity index (χ2n) is 4.84. The highest BCUT2D eigenvalue weighted by Gasteiger charge is 2.10. The second kappa shape index (κ2) is 3.13. The number of imidazole rings is 2. The van der Waals surface area contributed by atoms with E-state index in [4.69, 9.17) is 0 Å². The van der Waals surface area contributed by atoms with Crippen molar-refractivity contribution in [3.63, 3.8) is 0 Å². The Labute approximate surface area is 104 Å². The van der Waals surface area contributed by atoms with Gasteiger partial charge in [-0.2, -0.15) is 0 Å². The minimum Gasteiger partial charge on any atom is -0.323 e. The number of fused-ring (bicyclic) bond motifs is 5. The van der Waals surface area contributed by atoms with Crippen LogP contribution in [-0.2, 0) is 0 Å². The van der Waals surface area contributed by atoms with Gasteiger partial charge >= 0.3 is 0 Å². The lowest BCUT2D eigenvalue weighted by Crippen LogP contribution is -1.84. The monoisotopic (exact) mass is 235 g/mol. The van der Waals surface area contributed by atoms with Crippen molar-refractivity contribution < 1.29 is 0 Å². The maximum absolute atomic E-state index is 4.66. The Bertz CT molecular complexity index is 896. The summed E-state index contributed by atoms with van der Waals surface area (Å²) >= 11 is 0. The van der Waals surface area contributed by atoms with Gasteiger partial charge in [0.05, 0.1) is 22.1 Å². The molecule has 18 heavy (non-hydrogen) atoms. The van der Waals surface area contributed by atoms with Gasteiger partial charge < -0.3 is 4.98 Å². The molecule has 2 aromatic heterocycles. The summed E-state index contributed by atoms with van der Waals surface area (Å²) < 4.78 is 2.19. The number of benzene rings is 2. The van der Waals surface area contributed by atoms with E-state index < -0.39 is 0 Å². The third-order valence-electron chi connectivity index (χ3n) is 3.66. The fraction of sp³-hybridized carbons (Fsp3) is 0.133. The molecule has 2 heterocycles. The maximum Gasteiger partial charge on any atom is 0.213 e. The van der Waals surface area contributed by atoms with Crippen molar-refractivity contribution in [2.75, 3.05) is 0 Å². The molecule has 0 unspecified atom stereocenters. The molecule has 1 N–H and O–H groups in total. The molecular formula is C15H13N3. The fourth-order valence-electron chi connectivity index (χ4n) is 2.56. The molecule has 0 amide bonds. The molecule has 4 rings (SSSR count). The highest BCUT2D eigenvalue weighted by Crippen LogP contribution is 2.25. The first-order valence-electron chi connectivity index (χ1n) is 6.10. The number of nitrogens with one attached hydrogen (secondary N) is 1. The molecule has 0 spiro atoms. The van der Waals surface area contributed by atoms with Gasteiger partial charge in [0.1, 0.15) is 0 Å². The Hall–Kier alpha value is -2.29. The van der Waals surface area contributed by atoms with Gasteiger partial charge in [0.25, 0.3) is 0 Å². The molecule has 4 aromatic rings. The normalized spacial score (nSPS) is 11.9. The van der Waals surface area contributed by atoms with E-state index >= 15 is 0 Å². The largest absolute Gasteiger partial charge is 0.323 e. The van der Waals surface area contributed by atoms with Gasteiger partial charge in [-0.25, -0.2) is 4.98 Å². The van der Waals surface area contributed by atoms with Crippen molar-refractivity contribution in [1.29, 1.82) is 0 Å². The number of nitrogens with zero attached hydrogens (tertiary/aromatic N) is 2. The highest BCUT2D eigenvalue weighted by molar-refractivity contribution is 5.90. The van der Waals surface area contributed by atoms with Crippen LogP contribution in [0.4, 0.5) is 0 Å². The number of para-hydroxylation sites is 2. The van der Waals surface area contributed by atoms with Crippen molar-refractivity contribution >= 4 is 27.8 Å². The van der Waals surface area contributed by atoms with E-state index in [2.05, 4.69) is 58.5 Å². The van der Waals surface area contributed by atoms with Crippen molar-refractivity contribution in [2.45, 2.75) is 13.8 Å². The van der Waals surface area contributed by atoms with Crippen LogP contribution in [0.2, 0.25) is 0 Å². The summed E-state index contributed by atoms with van der Waals surface area (Å²) in [5.41, 5.74) is 7.11. The van der Waals surface area contributed by atoms with Crippen LogP contribution in [0, 0.1) is 13.8 Å². The SMILES string of the molecule is Cc1cc2nc3[nH]c4ccccc4n3c2cc1C. The zero-order valence-corrected chi connectivity index (χ0v) is 10.4. The van der Waals surface area contributed by atoms with E-state index in [9.17, 15) is 0 Å². The Kier molecular flexibility index (Phi) is 1.69. The molecule has 0 atom stereocenters. The van der Waals surface area contributed by atoms with Crippen molar-refractivity contribution in [2.24, 2.45) is 0 Å². The third-order valence-corrected chi connectivity index (χ3v) is 3.66. The molecule has 0 aliphatic heterocycles. The lowest BCUT2D eigenvalue weighted by atomic mass is 10.1. The first-order valence-corrected chi connectivity index (χ1v) is 6.10. The van der Waals surface area contributed by atoms with Crippen molar-refractivity contribution in [1.82, 2.24) is 14.4 Å². The molecule has 3 nitrogen and oxygen atoms in total. The minimum atomic E-state index is 0.913. The quantitative estimate of drug-likeness (QED) is 0.496. The van der Waals surface area contributed by atoms with E-state index in [0.29, 0.717) is 0 Å². The molecule has 0 saturated carbocycles. The average molecular weight is 235 g/mol. The summed E-state index contributed by atoms with van der Waals surface area (Å²) in [5, 5.41) is 0. The molecule has 0 aliphatic rings. The first kappa shape index (κ1) is 9.71. The third kappa shape index (κ3) is 1.11. The number of aryl methyl sites for hydroxylation is 2. The van der Waals surface area contributed by atoms with E-state index in [1.54, 1.807) is 0 Å². The van der Waals surface area contributed by atoms with Crippen LogP contribution >= 0.6 is 0 Å². The lowest BCUT2D eigenvalue weighted by Gasteiger charge is -2.00. The van der Waals surface area contributed by atoms with E-state index in [0.717, 1.165) is 16.8 Å². The number of rotatable bonds is 0. The predicted molar refractivity (Wildman–Crippen MR) is 74.0 cm³/mol. The molecular weight excluding hydrogens is 222 g/mol. The average Bonchev–Trinajstić information content (AvgIpc) is 2.86. The molecule has 2 aromatic carbocycles. The Morgan fingerprint density at radius 1 is 1.00 bits per heavy atom. The van der Waals surface area contributed by atoms with Gasteiger partial charge in [0.2, 0.25) is 5.78 Å². The van der Waals surface area contributed by atoms with E-state index in [1.807, 2.05) is 6.07 Å². The maximum atomic E-state index is 4.66. The molecule has 3 heteroatoms. The van der Waals surface area contributed by atoms with Gasteiger partial charge in [-0.15, -0.1) is 0 Å². The van der Waals surface area contributed by atoms with Crippen LogP contribution < -0.4 is 0 Å². The van der Waals surface area contributed by atoms with Crippen LogP contribution in [0.3, 0.4) is 0 Å². The number of aromatic amines is 1. The smallest absolute Gasteiger partial charge is 0.213 e. The molecule has 0 aliphatic carbocycles. The lowest BCUT2D eigenvalue weighted by molar-refractivity contribution is 1.27. The standard InChI is InChI=1S/C15H13N3/c1-9-7-12-14(8-10(9)2)18-13-6-4-3-5-11(13)16-15(18)17-12/h3-8H,1-2H3,(H,16,17). The van der Waals surface area contributed by atoms with E-state index in [1.165, 1.54) is 22.2 Å². The molecule has 0 saturated heterocycles. The summed E-state index contributed by atoms with van der Waals surface area (Å²) in [6.07, 6.45) is 0. The molecule has 88 valence electrons. The Balaban J connectivity index is 2.30. The topological polar surface area (TPSA) is 33.1 Å². The zero-order chi connectivity index (χ0) is 12.3. The summed E-state index contributed by atoms with van der Waals surface area (Å²) in [5.74, 6) is 0.913. The highest BCUT2D eigenvalue weighted by atomic mass is 15.1. The van der Waals surface area contributed by atoms with Gasteiger partial charge in [-0.3, -0.25) is 4.40 Å². The summed E-state index contributed by atoms with van der Waals surface area (Å²) in [6.45, 7) is 4.27. The fourth-order valence-corrected chi connectivity index (χ4v) is 2.56. The summed E-state index contributed by atoms with van der Waals surface area (Å²) in [4.78, 5) is 8.02. The minimum absolute atomic E-state index is 0.913.